The lowest BCUT2D eigenvalue weighted by Gasteiger charge is -2.50. The van der Waals surface area contributed by atoms with Gasteiger partial charge >= 0.3 is 11.9 Å². The number of carbonyl (C=O) groups excluding carboxylic acids is 5. The van der Waals surface area contributed by atoms with Crippen molar-refractivity contribution in [1.82, 2.24) is 9.80 Å². The van der Waals surface area contributed by atoms with Crippen LogP contribution in [0.3, 0.4) is 0 Å². The van der Waals surface area contributed by atoms with E-state index in [4.69, 9.17) is 8.92 Å². The first-order valence-corrected chi connectivity index (χ1v) is 9.87. The molecule has 3 amide bonds. The lowest BCUT2D eigenvalue weighted by atomic mass is 9.98. The maximum absolute atomic E-state index is 13.0. The van der Waals surface area contributed by atoms with Gasteiger partial charge in [-0.1, -0.05) is 18.7 Å². The van der Waals surface area contributed by atoms with Crippen LogP contribution in [-0.2, 0) is 34.4 Å². The molecule has 1 saturated heterocycles. The van der Waals surface area contributed by atoms with E-state index in [1.807, 2.05) is 0 Å². The van der Waals surface area contributed by atoms with Crippen LogP contribution < -0.4 is 0 Å². The van der Waals surface area contributed by atoms with Gasteiger partial charge in [-0.25, -0.2) is 9.00 Å². The topological polar surface area (TPSA) is 127 Å². The fourth-order valence-corrected chi connectivity index (χ4v) is 4.66. The SMILES string of the molecule is C=C(C)[C@H](C(=O)OC)N1C(=O)[C@@H](N2C(=O)c3ccccc3C2=O)[C@H]1S(=O)OC(C)=O. The number of ether oxygens (including phenoxy) is 1. The molecule has 0 aromatic heterocycles. The number of benzene rings is 1. The zero-order valence-corrected chi connectivity index (χ0v) is 17.1. The predicted octanol–water partition coefficient (Wildman–Crippen LogP) is 0.164. The largest absolute Gasteiger partial charge is 0.467 e. The maximum atomic E-state index is 13.0. The van der Waals surface area contributed by atoms with Crippen LogP contribution >= 0.6 is 0 Å². The molecular formula is C19H18N2O8S. The Labute approximate surface area is 174 Å². The zero-order chi connectivity index (χ0) is 22.3. The monoisotopic (exact) mass is 434 g/mol. The van der Waals surface area contributed by atoms with Crippen molar-refractivity contribution in [2.45, 2.75) is 31.3 Å². The molecular weight excluding hydrogens is 416 g/mol. The summed E-state index contributed by atoms with van der Waals surface area (Å²) in [6.45, 7) is 6.12. The van der Waals surface area contributed by atoms with Crippen LogP contribution in [0.2, 0.25) is 0 Å². The van der Waals surface area contributed by atoms with Crippen LogP contribution in [0.4, 0.5) is 0 Å². The van der Waals surface area contributed by atoms with Crippen molar-refractivity contribution in [3.8, 4) is 0 Å². The summed E-state index contributed by atoms with van der Waals surface area (Å²) in [6.07, 6.45) is 0. The number of rotatable bonds is 6. The number of β-lactam (4-membered cyclic amide) rings is 1. The van der Waals surface area contributed by atoms with Gasteiger partial charge in [0.15, 0.2) is 17.5 Å². The summed E-state index contributed by atoms with van der Waals surface area (Å²) >= 11 is -2.48. The second-order valence-corrected chi connectivity index (χ2v) is 7.88. The van der Waals surface area contributed by atoms with Crippen LogP contribution in [0.5, 0.6) is 0 Å². The van der Waals surface area contributed by atoms with Crippen molar-refractivity contribution in [3.63, 3.8) is 0 Å². The first-order chi connectivity index (χ1) is 14.1. The van der Waals surface area contributed by atoms with Gasteiger partial charge in [0.2, 0.25) is 11.1 Å². The molecule has 11 heteroatoms. The Hall–Kier alpha value is -3.34. The molecule has 4 atom stereocenters. The quantitative estimate of drug-likeness (QED) is 0.268. The van der Waals surface area contributed by atoms with E-state index >= 15 is 0 Å². The normalized spacial score (nSPS) is 22.2. The molecule has 2 aliphatic heterocycles. The highest BCUT2D eigenvalue weighted by Crippen LogP contribution is 2.37. The average molecular weight is 434 g/mol. The van der Waals surface area contributed by atoms with Gasteiger partial charge in [-0.15, -0.1) is 0 Å². The molecule has 1 aromatic carbocycles. The number of amides is 3. The number of likely N-dealkylation sites (tertiary alicyclic amines) is 1. The second-order valence-electron chi connectivity index (χ2n) is 6.71. The average Bonchev–Trinajstić information content (AvgIpc) is 2.93. The summed E-state index contributed by atoms with van der Waals surface area (Å²) in [5.41, 5.74) is 0.381. The number of esters is 1. The number of methoxy groups -OCH3 is 1. The number of fused-ring (bicyclic) bond motifs is 1. The van der Waals surface area contributed by atoms with Crippen molar-refractivity contribution in [1.29, 1.82) is 0 Å². The molecule has 0 radical (unpaired) electrons. The van der Waals surface area contributed by atoms with Crippen LogP contribution in [0.25, 0.3) is 0 Å². The Morgan fingerprint density at radius 3 is 2.07 bits per heavy atom. The molecule has 1 aromatic rings. The fraction of sp³-hybridized carbons (Fsp3) is 0.316. The van der Waals surface area contributed by atoms with Crippen LogP contribution in [0.15, 0.2) is 36.4 Å². The number of hydrogen-bond acceptors (Lipinski definition) is 8. The lowest BCUT2D eigenvalue weighted by Crippen LogP contribution is -2.76. The summed E-state index contributed by atoms with van der Waals surface area (Å²) < 4.78 is 22.1. The van der Waals surface area contributed by atoms with Crippen molar-refractivity contribution in [2.75, 3.05) is 7.11 Å². The van der Waals surface area contributed by atoms with Crippen LogP contribution in [0.1, 0.15) is 34.6 Å². The summed E-state index contributed by atoms with van der Waals surface area (Å²) in [7, 11) is 1.10. The summed E-state index contributed by atoms with van der Waals surface area (Å²) in [5.74, 6) is -4.08. The van der Waals surface area contributed by atoms with Crippen LogP contribution in [0, 0.1) is 0 Å². The molecule has 2 aliphatic rings. The fourth-order valence-electron chi connectivity index (χ4n) is 3.47. The minimum absolute atomic E-state index is 0.0928. The second kappa shape index (κ2) is 7.82. The van der Waals surface area contributed by atoms with E-state index in [1.165, 1.54) is 19.1 Å². The zero-order valence-electron chi connectivity index (χ0n) is 16.3. The maximum Gasteiger partial charge on any atom is 0.332 e. The van der Waals surface area contributed by atoms with E-state index in [1.54, 1.807) is 12.1 Å². The molecule has 3 rings (SSSR count). The molecule has 2 heterocycles. The summed E-state index contributed by atoms with van der Waals surface area (Å²) in [4.78, 5) is 63.7. The van der Waals surface area contributed by atoms with E-state index in [2.05, 4.69) is 6.58 Å². The number of imide groups is 1. The van der Waals surface area contributed by atoms with Crippen molar-refractivity contribution >= 4 is 40.7 Å². The van der Waals surface area contributed by atoms with E-state index in [-0.39, 0.29) is 16.7 Å². The summed E-state index contributed by atoms with van der Waals surface area (Å²) in [5, 5.41) is -1.47. The third-order valence-corrected chi connectivity index (χ3v) is 6.00. The van der Waals surface area contributed by atoms with Crippen molar-refractivity contribution in [3.05, 3.63) is 47.5 Å². The first-order valence-electron chi connectivity index (χ1n) is 8.73. The van der Waals surface area contributed by atoms with Crippen molar-refractivity contribution in [2.24, 2.45) is 0 Å². The van der Waals surface area contributed by atoms with Gasteiger partial charge < -0.3 is 13.8 Å². The van der Waals surface area contributed by atoms with Gasteiger partial charge in [-0.05, 0) is 24.6 Å². The Morgan fingerprint density at radius 2 is 1.63 bits per heavy atom. The minimum atomic E-state index is -2.48. The van der Waals surface area contributed by atoms with E-state index in [9.17, 15) is 28.2 Å². The Bertz CT molecular complexity index is 985. The highest BCUT2D eigenvalue weighted by atomic mass is 32.2. The molecule has 10 nitrogen and oxygen atoms in total. The van der Waals surface area contributed by atoms with E-state index < -0.39 is 58.2 Å². The molecule has 0 N–H and O–H groups in total. The number of hydrogen-bond donors (Lipinski definition) is 0. The van der Waals surface area contributed by atoms with Crippen molar-refractivity contribution < 1.29 is 37.1 Å². The molecule has 30 heavy (non-hydrogen) atoms. The molecule has 1 fully saturated rings. The minimum Gasteiger partial charge on any atom is -0.467 e. The highest BCUT2D eigenvalue weighted by molar-refractivity contribution is 7.81. The first kappa shape index (κ1) is 21.4. The van der Waals surface area contributed by atoms with Gasteiger partial charge in [-0.2, -0.15) is 0 Å². The Morgan fingerprint density at radius 1 is 1.10 bits per heavy atom. The number of nitrogens with zero attached hydrogens (tertiary/aromatic N) is 2. The predicted molar refractivity (Wildman–Crippen MR) is 102 cm³/mol. The standard InChI is InChI=1S/C19H18N2O8S/c1-9(2)13(19(26)28-4)21-17(25)14(18(21)30(27)29-10(3)22)20-15(23)11-7-5-6-8-12(11)16(20)24/h5-8,13-14,18H,1H2,2-4H3/t13-,14-,18-,30?/m1/s1. The lowest BCUT2D eigenvalue weighted by molar-refractivity contribution is -0.163. The Kier molecular flexibility index (Phi) is 5.57. The molecule has 1 unspecified atom stereocenters. The van der Waals surface area contributed by atoms with E-state index in [0.29, 0.717) is 4.90 Å². The Balaban J connectivity index is 2.04. The highest BCUT2D eigenvalue weighted by Gasteiger charge is 2.62. The van der Waals surface area contributed by atoms with Gasteiger partial charge in [0.1, 0.15) is 0 Å². The van der Waals surface area contributed by atoms with E-state index in [0.717, 1.165) is 18.9 Å². The molecule has 0 bridgehead atoms. The van der Waals surface area contributed by atoms with Crippen LogP contribution in [-0.4, -0.2) is 68.2 Å². The molecule has 158 valence electrons. The molecule has 0 aliphatic carbocycles. The third-order valence-electron chi connectivity index (χ3n) is 4.72. The summed E-state index contributed by atoms with van der Waals surface area (Å²) in [6, 6.07) is 3.12. The van der Waals surface area contributed by atoms with Gasteiger partial charge in [0.05, 0.1) is 18.2 Å². The van der Waals surface area contributed by atoms with Gasteiger partial charge in [0.25, 0.3) is 17.7 Å². The molecule has 0 saturated carbocycles. The third kappa shape index (κ3) is 3.20. The van der Waals surface area contributed by atoms with Gasteiger partial charge in [-0.3, -0.25) is 24.1 Å². The number of carbonyl (C=O) groups is 5. The smallest absolute Gasteiger partial charge is 0.332 e. The van der Waals surface area contributed by atoms with Gasteiger partial charge in [0, 0.05) is 6.92 Å². The molecule has 0 spiro atoms.